The Hall–Kier alpha value is -1.15. The standard InChI is InChI=1S/C19H23NO/c21-16-14-5-4-8-19(16,13-20-9-14)18-10-17(11-18,12-18)15-6-2-1-3-7-15/h1-3,6-7,14,20H,4-5,8-13H2. The Morgan fingerprint density at radius 3 is 2.62 bits per heavy atom. The number of benzene rings is 1. The summed E-state index contributed by atoms with van der Waals surface area (Å²) in [6.45, 7) is 1.88. The van der Waals surface area contributed by atoms with E-state index in [1.165, 1.54) is 31.2 Å². The highest BCUT2D eigenvalue weighted by atomic mass is 16.1. The lowest BCUT2D eigenvalue weighted by Crippen LogP contribution is -2.76. The molecular formula is C19H23NO. The van der Waals surface area contributed by atoms with Gasteiger partial charge in [-0.15, -0.1) is 0 Å². The first kappa shape index (κ1) is 12.4. The van der Waals surface area contributed by atoms with E-state index >= 15 is 0 Å². The maximum atomic E-state index is 13.0. The van der Waals surface area contributed by atoms with Crippen molar-refractivity contribution in [3.05, 3.63) is 35.9 Å². The van der Waals surface area contributed by atoms with Crippen molar-refractivity contribution in [1.82, 2.24) is 5.32 Å². The van der Waals surface area contributed by atoms with Crippen LogP contribution in [0.2, 0.25) is 0 Å². The van der Waals surface area contributed by atoms with E-state index in [0.29, 0.717) is 22.5 Å². The molecule has 4 saturated carbocycles. The summed E-state index contributed by atoms with van der Waals surface area (Å²) in [4.78, 5) is 13.0. The summed E-state index contributed by atoms with van der Waals surface area (Å²) in [5.74, 6) is 0.933. The smallest absolute Gasteiger partial charge is 0.145 e. The fraction of sp³-hybridized carbons (Fsp3) is 0.632. The molecule has 4 bridgehead atoms. The fourth-order valence-corrected chi connectivity index (χ4v) is 6.23. The zero-order chi connectivity index (χ0) is 14.1. The van der Waals surface area contributed by atoms with Crippen molar-refractivity contribution in [3.63, 3.8) is 0 Å². The first-order chi connectivity index (χ1) is 10.2. The third-order valence-electron chi connectivity index (χ3n) is 7.25. The number of ketones is 1. The molecule has 2 heteroatoms. The molecule has 21 heavy (non-hydrogen) atoms. The first-order valence-electron chi connectivity index (χ1n) is 8.51. The number of carbonyl (C=O) groups is 1. The second-order valence-corrected chi connectivity index (χ2v) is 8.12. The van der Waals surface area contributed by atoms with Crippen LogP contribution >= 0.6 is 0 Å². The van der Waals surface area contributed by atoms with E-state index in [9.17, 15) is 4.79 Å². The number of hydrogen-bond acceptors (Lipinski definition) is 2. The lowest BCUT2D eigenvalue weighted by atomic mass is 9.25. The molecule has 0 aromatic heterocycles. The zero-order valence-electron chi connectivity index (χ0n) is 12.5. The van der Waals surface area contributed by atoms with Crippen molar-refractivity contribution in [2.75, 3.05) is 13.1 Å². The number of hydrogen-bond donors (Lipinski definition) is 1. The molecule has 0 amide bonds. The second-order valence-electron chi connectivity index (χ2n) is 8.12. The Morgan fingerprint density at radius 1 is 1.10 bits per heavy atom. The third kappa shape index (κ3) is 1.31. The molecule has 5 aliphatic rings. The van der Waals surface area contributed by atoms with Crippen LogP contribution in [0, 0.1) is 16.7 Å². The van der Waals surface area contributed by atoms with Gasteiger partial charge in [0.2, 0.25) is 0 Å². The molecule has 1 aromatic rings. The van der Waals surface area contributed by atoms with E-state index in [1.54, 1.807) is 0 Å². The molecule has 1 aromatic carbocycles. The fourth-order valence-electron chi connectivity index (χ4n) is 6.23. The lowest BCUT2D eigenvalue weighted by molar-refractivity contribution is -0.233. The minimum absolute atomic E-state index is 0.00923. The summed E-state index contributed by atoms with van der Waals surface area (Å²) in [7, 11) is 0. The van der Waals surface area contributed by atoms with E-state index in [0.717, 1.165) is 25.9 Å². The molecule has 6 rings (SSSR count). The van der Waals surface area contributed by atoms with Crippen LogP contribution in [-0.2, 0) is 10.2 Å². The van der Waals surface area contributed by atoms with Gasteiger partial charge in [-0.1, -0.05) is 36.8 Å². The van der Waals surface area contributed by atoms with Crippen LogP contribution in [0.4, 0.5) is 0 Å². The van der Waals surface area contributed by atoms with E-state index in [4.69, 9.17) is 0 Å². The summed E-state index contributed by atoms with van der Waals surface area (Å²) in [6, 6.07) is 11.0. The third-order valence-corrected chi connectivity index (χ3v) is 7.25. The Bertz CT molecular complexity index is 575. The van der Waals surface area contributed by atoms with E-state index in [-0.39, 0.29) is 5.41 Å². The number of fused-ring (bicyclic) bond motifs is 2. The van der Waals surface area contributed by atoms with Gasteiger partial charge in [0, 0.05) is 24.4 Å². The van der Waals surface area contributed by atoms with Crippen molar-refractivity contribution in [1.29, 1.82) is 0 Å². The van der Waals surface area contributed by atoms with Gasteiger partial charge in [0.15, 0.2) is 0 Å². The van der Waals surface area contributed by atoms with Crippen LogP contribution in [0.3, 0.4) is 0 Å². The number of nitrogens with one attached hydrogen (secondary N) is 1. The van der Waals surface area contributed by atoms with E-state index in [2.05, 4.69) is 35.6 Å². The molecule has 1 heterocycles. The van der Waals surface area contributed by atoms with E-state index in [1.807, 2.05) is 0 Å². The quantitative estimate of drug-likeness (QED) is 0.902. The molecule has 5 fully saturated rings. The SMILES string of the molecule is O=C1C2CCCC1(C13CC(c4ccccc4)(C1)C3)CNC2. The van der Waals surface area contributed by atoms with Crippen LogP contribution in [0.1, 0.15) is 44.1 Å². The van der Waals surface area contributed by atoms with Gasteiger partial charge < -0.3 is 5.32 Å². The summed E-state index contributed by atoms with van der Waals surface area (Å²) >= 11 is 0. The number of rotatable bonds is 2. The van der Waals surface area contributed by atoms with Gasteiger partial charge >= 0.3 is 0 Å². The van der Waals surface area contributed by atoms with Crippen LogP contribution in [-0.4, -0.2) is 18.9 Å². The molecule has 1 N–H and O–H groups in total. The Balaban J connectivity index is 1.45. The van der Waals surface area contributed by atoms with Gasteiger partial charge in [0.1, 0.15) is 5.78 Å². The molecule has 0 radical (unpaired) electrons. The molecule has 110 valence electrons. The Morgan fingerprint density at radius 2 is 1.86 bits per heavy atom. The summed E-state index contributed by atoms with van der Waals surface area (Å²) in [5.41, 5.74) is 2.25. The topological polar surface area (TPSA) is 29.1 Å². The first-order valence-corrected chi connectivity index (χ1v) is 8.51. The van der Waals surface area contributed by atoms with Gasteiger partial charge in [-0.2, -0.15) is 0 Å². The Labute approximate surface area is 126 Å². The highest BCUT2D eigenvalue weighted by molar-refractivity contribution is 5.90. The van der Waals surface area contributed by atoms with Crippen LogP contribution in [0.25, 0.3) is 0 Å². The van der Waals surface area contributed by atoms with Crippen LogP contribution in [0.15, 0.2) is 30.3 Å². The van der Waals surface area contributed by atoms with Crippen molar-refractivity contribution < 1.29 is 4.79 Å². The van der Waals surface area contributed by atoms with Gasteiger partial charge in [-0.3, -0.25) is 4.79 Å². The summed E-state index contributed by atoms with van der Waals surface area (Å²) in [5, 5.41) is 3.59. The molecule has 2 atom stereocenters. The number of Topliss-reactive ketones (excluding diaryl/α,β-unsaturated/α-hetero) is 1. The van der Waals surface area contributed by atoms with E-state index < -0.39 is 0 Å². The minimum Gasteiger partial charge on any atom is -0.315 e. The van der Waals surface area contributed by atoms with Gasteiger partial charge in [-0.05, 0) is 48.5 Å². The largest absolute Gasteiger partial charge is 0.315 e. The summed E-state index contributed by atoms with van der Waals surface area (Å²) < 4.78 is 0. The maximum absolute atomic E-state index is 13.0. The van der Waals surface area contributed by atoms with Crippen molar-refractivity contribution >= 4 is 5.78 Å². The molecule has 1 aliphatic heterocycles. The lowest BCUT2D eigenvalue weighted by Gasteiger charge is -2.78. The van der Waals surface area contributed by atoms with Crippen molar-refractivity contribution in [2.45, 2.75) is 43.9 Å². The summed E-state index contributed by atoms with van der Waals surface area (Å²) in [6.07, 6.45) is 7.28. The normalized spacial score (nSPS) is 47.4. The molecule has 0 spiro atoms. The average Bonchev–Trinajstić information content (AvgIpc) is 2.38. The highest BCUT2D eigenvalue weighted by Crippen LogP contribution is 2.80. The molecule has 2 nitrogen and oxygen atoms in total. The van der Waals surface area contributed by atoms with Crippen LogP contribution in [0.5, 0.6) is 0 Å². The second kappa shape index (κ2) is 3.78. The molecular weight excluding hydrogens is 258 g/mol. The predicted molar refractivity (Wildman–Crippen MR) is 82.1 cm³/mol. The zero-order valence-corrected chi connectivity index (χ0v) is 12.5. The van der Waals surface area contributed by atoms with Crippen LogP contribution < -0.4 is 5.32 Å². The monoisotopic (exact) mass is 281 g/mol. The van der Waals surface area contributed by atoms with Crippen molar-refractivity contribution in [2.24, 2.45) is 16.7 Å². The number of carbonyl (C=O) groups excluding carboxylic acids is 1. The van der Waals surface area contributed by atoms with Gasteiger partial charge in [0.25, 0.3) is 0 Å². The molecule has 2 unspecified atom stereocenters. The molecule has 4 aliphatic carbocycles. The van der Waals surface area contributed by atoms with Gasteiger partial charge in [0.05, 0.1) is 0 Å². The predicted octanol–water partition coefficient (Wildman–Crippen LogP) is 3.07. The Kier molecular flexibility index (Phi) is 2.23. The molecule has 1 saturated heterocycles. The van der Waals surface area contributed by atoms with Crippen molar-refractivity contribution in [3.8, 4) is 0 Å². The number of piperidine rings is 1. The highest BCUT2D eigenvalue weighted by Gasteiger charge is 2.77. The maximum Gasteiger partial charge on any atom is 0.145 e. The minimum atomic E-state index is -0.00923. The van der Waals surface area contributed by atoms with Gasteiger partial charge in [-0.25, -0.2) is 0 Å². The average molecular weight is 281 g/mol.